The standard InChI is InChI=1S/C54H102NO10P/c1-3-5-7-9-11-13-15-17-19-21-23-24-25-26-28-29-31-33-35-37-39-41-43-45-52(57)55-51(54(59)60)49-65-66(61,62)64-48-50(56)47-63-53(58)46-44-42-40-38-36-34-32-30-27-22-20-18-16-14-12-10-8-6-4-2/h11,13,17,19,50-51,56H,3-10,12,14-16,18,20-49H2,1-2H3,(H,55,57)(H,59,60)(H,61,62)/b13-11-,19-17-. The highest BCUT2D eigenvalue weighted by Crippen LogP contribution is 2.43. The van der Waals surface area contributed by atoms with Crippen molar-refractivity contribution in [3.8, 4) is 0 Å². The average molecular weight is 956 g/mol. The maximum absolute atomic E-state index is 12.4. The van der Waals surface area contributed by atoms with Gasteiger partial charge in [0.1, 0.15) is 12.7 Å². The van der Waals surface area contributed by atoms with Gasteiger partial charge in [0.05, 0.1) is 13.2 Å². The Hall–Kier alpha value is -2.04. The summed E-state index contributed by atoms with van der Waals surface area (Å²) in [6, 6.07) is -1.55. The number of ether oxygens (including phenoxy) is 1. The van der Waals surface area contributed by atoms with Crippen LogP contribution in [0.1, 0.15) is 271 Å². The Morgan fingerprint density at radius 2 is 0.833 bits per heavy atom. The Balaban J connectivity index is 3.77. The van der Waals surface area contributed by atoms with Gasteiger partial charge in [-0.3, -0.25) is 18.6 Å². The minimum Gasteiger partial charge on any atom is -0.480 e. The normalized spacial score (nSPS) is 13.6. The number of unbranched alkanes of at least 4 members (excludes halogenated alkanes) is 34. The van der Waals surface area contributed by atoms with E-state index < -0.39 is 57.6 Å². The molecule has 3 unspecified atom stereocenters. The van der Waals surface area contributed by atoms with Crippen molar-refractivity contribution < 1.29 is 47.8 Å². The Morgan fingerprint density at radius 3 is 1.26 bits per heavy atom. The van der Waals surface area contributed by atoms with Gasteiger partial charge in [-0.05, 0) is 44.9 Å². The number of rotatable bonds is 52. The molecule has 0 saturated carbocycles. The van der Waals surface area contributed by atoms with Crippen LogP contribution in [0.15, 0.2) is 24.3 Å². The third-order valence-corrected chi connectivity index (χ3v) is 13.2. The molecule has 0 aliphatic carbocycles. The number of allylic oxidation sites excluding steroid dienone is 4. The summed E-state index contributed by atoms with van der Waals surface area (Å²) >= 11 is 0. The van der Waals surface area contributed by atoms with Gasteiger partial charge in [0.15, 0.2) is 6.04 Å². The minimum atomic E-state index is -4.76. The number of amides is 1. The Bertz CT molecular complexity index is 1210. The summed E-state index contributed by atoms with van der Waals surface area (Å²) in [4.78, 5) is 46.2. The van der Waals surface area contributed by atoms with Gasteiger partial charge in [-0.25, -0.2) is 9.36 Å². The molecule has 3 atom stereocenters. The molecule has 0 radical (unpaired) electrons. The summed E-state index contributed by atoms with van der Waals surface area (Å²) in [5, 5.41) is 22.0. The fraction of sp³-hybridized carbons (Fsp3) is 0.870. The van der Waals surface area contributed by atoms with Crippen LogP contribution in [0.2, 0.25) is 0 Å². The van der Waals surface area contributed by atoms with E-state index in [-0.39, 0.29) is 12.8 Å². The number of phosphoric acid groups is 1. The smallest absolute Gasteiger partial charge is 0.472 e. The van der Waals surface area contributed by atoms with Gasteiger partial charge in [-0.2, -0.15) is 0 Å². The number of carbonyl (C=O) groups excluding carboxylic acids is 2. The number of aliphatic hydroxyl groups excluding tert-OH is 1. The van der Waals surface area contributed by atoms with Crippen LogP contribution < -0.4 is 5.32 Å². The molecular weight excluding hydrogens is 854 g/mol. The molecule has 12 heteroatoms. The Labute approximate surface area is 404 Å². The molecule has 0 bridgehead atoms. The van der Waals surface area contributed by atoms with Crippen molar-refractivity contribution in [1.82, 2.24) is 5.32 Å². The van der Waals surface area contributed by atoms with Crippen molar-refractivity contribution in [3.63, 3.8) is 0 Å². The maximum atomic E-state index is 12.4. The van der Waals surface area contributed by atoms with Gasteiger partial charge in [0.25, 0.3) is 0 Å². The number of phosphoric ester groups is 1. The van der Waals surface area contributed by atoms with Crippen LogP contribution >= 0.6 is 7.82 Å². The summed E-state index contributed by atoms with van der Waals surface area (Å²) < 4.78 is 27.0. The molecule has 0 aliphatic heterocycles. The average Bonchev–Trinajstić information content (AvgIpc) is 3.29. The summed E-state index contributed by atoms with van der Waals surface area (Å²) in [6.45, 7) is 2.63. The monoisotopic (exact) mass is 956 g/mol. The highest BCUT2D eigenvalue weighted by Gasteiger charge is 2.28. The van der Waals surface area contributed by atoms with Crippen molar-refractivity contribution >= 4 is 25.7 Å². The molecule has 1 amide bonds. The SMILES string of the molecule is CCCCC/C=C\C/C=C\CCCCCCCCCCCCCCCC(=O)NC(COP(=O)(O)OCC(O)COC(=O)CCCCCCCCCCCCCCCCCCCCC)C(=O)O. The van der Waals surface area contributed by atoms with Crippen LogP contribution in [0.3, 0.4) is 0 Å². The Morgan fingerprint density at radius 1 is 0.485 bits per heavy atom. The number of esters is 1. The van der Waals surface area contributed by atoms with Crippen molar-refractivity contribution in [3.05, 3.63) is 24.3 Å². The molecule has 0 aromatic carbocycles. The zero-order valence-electron chi connectivity index (χ0n) is 42.5. The predicted octanol–water partition coefficient (Wildman–Crippen LogP) is 15.3. The highest BCUT2D eigenvalue weighted by atomic mass is 31.2. The zero-order valence-corrected chi connectivity index (χ0v) is 43.4. The van der Waals surface area contributed by atoms with Gasteiger partial charge < -0.3 is 25.2 Å². The minimum absolute atomic E-state index is 0.147. The topological polar surface area (TPSA) is 169 Å². The summed E-state index contributed by atoms with van der Waals surface area (Å²) in [5.74, 6) is -2.35. The molecule has 0 heterocycles. The van der Waals surface area contributed by atoms with Crippen molar-refractivity contribution in [2.24, 2.45) is 0 Å². The molecule has 0 saturated heterocycles. The van der Waals surface area contributed by atoms with E-state index in [0.717, 1.165) is 44.9 Å². The van der Waals surface area contributed by atoms with Crippen LogP contribution in [0, 0.1) is 0 Å². The van der Waals surface area contributed by atoms with Gasteiger partial charge in [0, 0.05) is 12.8 Å². The summed E-state index contributed by atoms with van der Waals surface area (Å²) in [5.41, 5.74) is 0. The molecule has 388 valence electrons. The second-order valence-electron chi connectivity index (χ2n) is 18.8. The molecule has 4 N–H and O–H groups in total. The molecule has 0 aliphatic rings. The van der Waals surface area contributed by atoms with Crippen LogP contribution in [-0.2, 0) is 32.7 Å². The van der Waals surface area contributed by atoms with E-state index in [1.54, 1.807) is 0 Å². The number of hydrogen-bond donors (Lipinski definition) is 4. The lowest BCUT2D eigenvalue weighted by molar-refractivity contribution is -0.147. The number of carboxylic acid groups (broad SMARTS) is 1. The first-order valence-corrected chi connectivity index (χ1v) is 28.9. The third kappa shape index (κ3) is 48.4. The zero-order chi connectivity index (χ0) is 48.4. The molecule has 66 heavy (non-hydrogen) atoms. The maximum Gasteiger partial charge on any atom is 0.472 e. The largest absolute Gasteiger partial charge is 0.480 e. The van der Waals surface area contributed by atoms with E-state index in [9.17, 15) is 34.1 Å². The fourth-order valence-corrected chi connectivity index (χ4v) is 8.77. The van der Waals surface area contributed by atoms with Gasteiger partial charge >= 0.3 is 19.8 Å². The van der Waals surface area contributed by atoms with Crippen molar-refractivity contribution in [2.75, 3.05) is 19.8 Å². The summed E-state index contributed by atoms with van der Waals surface area (Å²) in [6.07, 6.45) is 54.8. The van der Waals surface area contributed by atoms with Gasteiger partial charge in [-0.1, -0.05) is 237 Å². The fourth-order valence-electron chi connectivity index (χ4n) is 8.00. The molecular formula is C54H102NO10P. The molecule has 0 rings (SSSR count). The molecule has 0 aromatic heterocycles. The number of aliphatic carboxylic acids is 1. The lowest BCUT2D eigenvalue weighted by Crippen LogP contribution is -2.43. The second-order valence-corrected chi connectivity index (χ2v) is 20.2. The molecule has 0 fully saturated rings. The quantitative estimate of drug-likeness (QED) is 0.0199. The molecule has 0 aromatic rings. The van der Waals surface area contributed by atoms with E-state index in [4.69, 9.17) is 13.8 Å². The lowest BCUT2D eigenvalue weighted by Gasteiger charge is -2.18. The first-order valence-electron chi connectivity index (χ1n) is 27.4. The molecule has 0 spiro atoms. The van der Waals surface area contributed by atoms with E-state index >= 15 is 0 Å². The van der Waals surface area contributed by atoms with Crippen molar-refractivity contribution in [2.45, 2.75) is 283 Å². The first-order chi connectivity index (χ1) is 32.1. The number of nitrogens with one attached hydrogen (secondary N) is 1. The van der Waals surface area contributed by atoms with Crippen LogP contribution in [0.5, 0.6) is 0 Å². The predicted molar refractivity (Wildman–Crippen MR) is 273 cm³/mol. The first kappa shape index (κ1) is 64.0. The molecule has 11 nitrogen and oxygen atoms in total. The van der Waals surface area contributed by atoms with Crippen LogP contribution in [-0.4, -0.2) is 64.9 Å². The number of carboxylic acids is 1. The number of hydrogen-bond acceptors (Lipinski definition) is 8. The van der Waals surface area contributed by atoms with Crippen molar-refractivity contribution in [1.29, 1.82) is 0 Å². The number of carbonyl (C=O) groups is 3. The van der Waals surface area contributed by atoms with Crippen LogP contribution in [0.4, 0.5) is 0 Å². The van der Waals surface area contributed by atoms with Gasteiger partial charge in [-0.15, -0.1) is 0 Å². The van der Waals surface area contributed by atoms with E-state index in [1.807, 2.05) is 0 Å². The Kier molecular flexibility index (Phi) is 47.9. The summed E-state index contributed by atoms with van der Waals surface area (Å²) in [7, 11) is -4.76. The van der Waals surface area contributed by atoms with Crippen LogP contribution in [0.25, 0.3) is 0 Å². The van der Waals surface area contributed by atoms with E-state index in [2.05, 4.69) is 43.5 Å². The highest BCUT2D eigenvalue weighted by molar-refractivity contribution is 7.47. The van der Waals surface area contributed by atoms with Gasteiger partial charge in [0.2, 0.25) is 5.91 Å². The number of aliphatic hydroxyl groups is 1. The lowest BCUT2D eigenvalue weighted by atomic mass is 10.0. The second kappa shape index (κ2) is 49.4. The third-order valence-electron chi connectivity index (χ3n) is 12.2. The van der Waals surface area contributed by atoms with E-state index in [0.29, 0.717) is 12.8 Å². The van der Waals surface area contributed by atoms with E-state index in [1.165, 1.54) is 186 Å².